The topological polar surface area (TPSA) is 53.8 Å². The van der Waals surface area contributed by atoms with Crippen molar-refractivity contribution >= 4 is 57.0 Å². The molecule has 1 N–H and O–H groups in total. The third kappa shape index (κ3) is 2.19. The zero-order valence-electron chi connectivity index (χ0n) is 5.78. The van der Waals surface area contributed by atoms with Crippen LogP contribution in [0, 0.1) is 4.78 Å². The van der Waals surface area contributed by atoms with Crippen molar-refractivity contribution in [1.29, 1.82) is 4.78 Å². The van der Waals surface area contributed by atoms with Gasteiger partial charge in [-0.15, -0.1) is 10.6 Å². The molecule has 0 aromatic carbocycles. The summed E-state index contributed by atoms with van der Waals surface area (Å²) in [7, 11) is -2.09. The van der Waals surface area contributed by atoms with Crippen LogP contribution in [0.2, 0.25) is 20.2 Å². The summed E-state index contributed by atoms with van der Waals surface area (Å²) in [6.45, 7) is 0. The van der Waals surface area contributed by atoms with E-state index in [1.54, 1.807) is 0 Å². The van der Waals surface area contributed by atoms with Gasteiger partial charge >= 0.3 is 0 Å². The second kappa shape index (κ2) is 4.19. The lowest BCUT2D eigenvalue weighted by Crippen LogP contribution is -1.90. The highest BCUT2D eigenvalue weighted by atomic mass is 35.5. The number of halogens is 4. The maximum atomic E-state index is 10.8. The zero-order valence-corrected chi connectivity index (χ0v) is 9.62. The molecule has 3 nitrogen and oxygen atoms in total. The number of pyridine rings is 1. The van der Waals surface area contributed by atoms with E-state index < -0.39 is 10.6 Å². The van der Waals surface area contributed by atoms with Crippen LogP contribution in [0.15, 0.2) is 5.03 Å². The van der Waals surface area contributed by atoms with Crippen molar-refractivity contribution < 1.29 is 4.21 Å². The molecular formula is C5HCl4N2OS-. The van der Waals surface area contributed by atoms with Gasteiger partial charge < -0.3 is 8.99 Å². The van der Waals surface area contributed by atoms with Gasteiger partial charge in [0.2, 0.25) is 0 Å². The Kier molecular flexibility index (Phi) is 3.65. The highest BCUT2D eigenvalue weighted by Gasteiger charge is 2.11. The molecule has 0 saturated heterocycles. The van der Waals surface area contributed by atoms with E-state index in [-0.39, 0.29) is 25.2 Å². The van der Waals surface area contributed by atoms with Crippen LogP contribution in [0.25, 0.3) is 0 Å². The van der Waals surface area contributed by atoms with Gasteiger partial charge in [-0.05, 0) is 0 Å². The van der Waals surface area contributed by atoms with Crippen LogP contribution in [-0.4, -0.2) is 4.98 Å². The van der Waals surface area contributed by atoms with Gasteiger partial charge in [-0.2, -0.15) is 0 Å². The Bertz CT molecular complexity index is 423. The van der Waals surface area contributed by atoms with Gasteiger partial charge in [0, 0.05) is 5.03 Å². The van der Waals surface area contributed by atoms with Gasteiger partial charge in [0.25, 0.3) is 0 Å². The van der Waals surface area contributed by atoms with E-state index in [1.165, 1.54) is 0 Å². The van der Waals surface area contributed by atoms with Gasteiger partial charge in [0.05, 0.1) is 15.1 Å². The quantitative estimate of drug-likeness (QED) is 0.628. The summed E-state index contributed by atoms with van der Waals surface area (Å²) in [4.78, 5) is 3.56. The molecule has 0 saturated carbocycles. The first-order chi connectivity index (χ1) is 5.95. The summed E-state index contributed by atoms with van der Waals surface area (Å²) in [6.07, 6.45) is 0. The number of aromatic nitrogens is 1. The molecule has 0 aliphatic rings. The molecule has 1 heterocycles. The number of rotatable bonds is 1. The van der Waals surface area contributed by atoms with E-state index in [2.05, 4.69) is 4.98 Å². The lowest BCUT2D eigenvalue weighted by molar-refractivity contribution is 0.597. The minimum Gasteiger partial charge on any atom is -0.439 e. The summed E-state index contributed by atoms with van der Waals surface area (Å²) in [6, 6.07) is 0. The Balaban J connectivity index is 3.59. The fourth-order valence-corrected chi connectivity index (χ4v) is 2.07. The normalized spacial score (nSPS) is 10.8. The van der Waals surface area contributed by atoms with Gasteiger partial charge in [-0.25, -0.2) is 0 Å². The van der Waals surface area contributed by atoms with E-state index in [4.69, 9.17) is 51.2 Å². The molecule has 1 aromatic rings. The summed E-state index contributed by atoms with van der Waals surface area (Å²) in [5, 5.41) is -0.474. The molecular weight excluding hydrogens is 278 g/mol. The van der Waals surface area contributed by atoms with Crippen molar-refractivity contribution in [3.63, 3.8) is 0 Å². The zero-order chi connectivity index (χ0) is 10.2. The van der Waals surface area contributed by atoms with Crippen molar-refractivity contribution in [1.82, 2.24) is 4.98 Å². The van der Waals surface area contributed by atoms with Crippen LogP contribution >= 0.6 is 46.4 Å². The van der Waals surface area contributed by atoms with Crippen molar-refractivity contribution in [2.24, 2.45) is 0 Å². The van der Waals surface area contributed by atoms with Crippen LogP contribution in [0.5, 0.6) is 0 Å². The molecule has 0 fully saturated rings. The summed E-state index contributed by atoms with van der Waals surface area (Å²) in [5.41, 5.74) is 0. The molecule has 13 heavy (non-hydrogen) atoms. The molecule has 0 radical (unpaired) electrons. The first-order valence-corrected chi connectivity index (χ1v) is 5.44. The van der Waals surface area contributed by atoms with Gasteiger partial charge in [-0.3, -0.25) is 4.98 Å². The molecule has 72 valence electrons. The number of hydrogen-bond donors (Lipinski definition) is 1. The Morgan fingerprint density at radius 1 is 1.08 bits per heavy atom. The fraction of sp³-hybridized carbons (Fsp3) is 0. The molecule has 0 aliphatic heterocycles. The minimum atomic E-state index is -2.09. The minimum absolute atomic E-state index is 0.0115. The standard InChI is InChI=1S/C5HCl4N2OS/c6-1-2(7)4(9)11-5(3(1)8)13(10)12/h10H/q-1. The van der Waals surface area contributed by atoms with E-state index >= 15 is 0 Å². The number of hydrogen-bond acceptors (Lipinski definition) is 4. The Morgan fingerprint density at radius 2 is 1.62 bits per heavy atom. The SMILES string of the molecule is N=[S-](=O)c1nc(Cl)c(Cl)c(Cl)c1Cl. The number of nitrogens with zero attached hydrogens (tertiary/aromatic N) is 1. The van der Waals surface area contributed by atoms with E-state index in [0.717, 1.165) is 0 Å². The molecule has 0 amide bonds. The third-order valence-corrected chi connectivity index (χ3v) is 3.57. The molecule has 1 rings (SSSR count). The van der Waals surface area contributed by atoms with Gasteiger partial charge in [0.15, 0.2) is 0 Å². The van der Waals surface area contributed by atoms with E-state index in [0.29, 0.717) is 0 Å². The van der Waals surface area contributed by atoms with E-state index in [9.17, 15) is 4.21 Å². The predicted molar refractivity (Wildman–Crippen MR) is 53.3 cm³/mol. The molecule has 0 spiro atoms. The first-order valence-electron chi connectivity index (χ1n) is 2.78. The van der Waals surface area contributed by atoms with Gasteiger partial charge in [0.1, 0.15) is 5.15 Å². The van der Waals surface area contributed by atoms with Crippen molar-refractivity contribution in [3.05, 3.63) is 20.2 Å². The molecule has 0 aliphatic carbocycles. The maximum absolute atomic E-state index is 10.8. The Labute approximate surface area is 96.0 Å². The van der Waals surface area contributed by atoms with Crippen molar-refractivity contribution in [3.8, 4) is 0 Å². The average Bonchev–Trinajstić information content (AvgIpc) is 2.07. The van der Waals surface area contributed by atoms with Crippen molar-refractivity contribution in [2.75, 3.05) is 0 Å². The van der Waals surface area contributed by atoms with E-state index in [1.807, 2.05) is 0 Å². The maximum Gasteiger partial charge on any atom is 0.147 e. The van der Waals surface area contributed by atoms with Gasteiger partial charge in [-0.1, -0.05) is 46.4 Å². The third-order valence-electron chi connectivity index (χ3n) is 1.13. The number of nitrogens with one attached hydrogen (secondary N) is 1. The highest BCUT2D eigenvalue weighted by molar-refractivity contribution is 7.73. The van der Waals surface area contributed by atoms with Crippen LogP contribution < -0.4 is 0 Å². The lowest BCUT2D eigenvalue weighted by Gasteiger charge is -2.08. The molecule has 0 bridgehead atoms. The average molecular weight is 279 g/mol. The van der Waals surface area contributed by atoms with Crippen LogP contribution in [-0.2, 0) is 14.8 Å². The lowest BCUT2D eigenvalue weighted by atomic mass is 10.5. The van der Waals surface area contributed by atoms with Crippen LogP contribution in [0.4, 0.5) is 0 Å². The predicted octanol–water partition coefficient (Wildman–Crippen LogP) is 3.78. The molecule has 8 heteroatoms. The second-order valence-electron chi connectivity index (χ2n) is 1.92. The smallest absolute Gasteiger partial charge is 0.147 e. The highest BCUT2D eigenvalue weighted by Crippen LogP contribution is 2.36. The summed E-state index contributed by atoms with van der Waals surface area (Å²) >= 11 is 22.4. The Morgan fingerprint density at radius 3 is 2.08 bits per heavy atom. The van der Waals surface area contributed by atoms with Crippen LogP contribution in [0.3, 0.4) is 0 Å². The van der Waals surface area contributed by atoms with Crippen molar-refractivity contribution in [2.45, 2.75) is 5.03 Å². The summed E-state index contributed by atoms with van der Waals surface area (Å²) in [5.74, 6) is 0. The monoisotopic (exact) mass is 277 g/mol. The summed E-state index contributed by atoms with van der Waals surface area (Å²) < 4.78 is 17.6. The molecule has 0 unspecified atom stereocenters. The van der Waals surface area contributed by atoms with Crippen LogP contribution in [0.1, 0.15) is 0 Å². The molecule has 1 aromatic heterocycles. The first kappa shape index (κ1) is 11.3. The second-order valence-corrected chi connectivity index (χ2v) is 4.33. The Hall–Kier alpha value is 0.260. The molecule has 0 atom stereocenters. The fourth-order valence-electron chi connectivity index (χ4n) is 0.591. The largest absolute Gasteiger partial charge is 0.439 e.